The van der Waals surface area contributed by atoms with Gasteiger partial charge in [-0.2, -0.15) is 0 Å². The molecule has 7 heteroatoms. The number of hydrogen-bond donors (Lipinski definition) is 1. The lowest BCUT2D eigenvalue weighted by molar-refractivity contribution is -0.143. The SMILES string of the molecule is CCCNC(=O)[C@@H](CC)N(CCc1ccccc1)C(=O)CCN1C(=O)[C@H]2CC=CC[C@H]2C1=O. The van der Waals surface area contributed by atoms with E-state index in [1.54, 1.807) is 4.90 Å². The highest BCUT2D eigenvalue weighted by molar-refractivity contribution is 6.05. The Kier molecular flexibility index (Phi) is 8.80. The zero-order valence-electron chi connectivity index (χ0n) is 19.7. The summed E-state index contributed by atoms with van der Waals surface area (Å²) in [6.07, 6.45) is 7.03. The lowest BCUT2D eigenvalue weighted by atomic mass is 9.85. The molecule has 0 saturated carbocycles. The van der Waals surface area contributed by atoms with Crippen LogP contribution in [-0.4, -0.2) is 59.1 Å². The second kappa shape index (κ2) is 11.8. The molecule has 1 aliphatic heterocycles. The molecule has 33 heavy (non-hydrogen) atoms. The lowest BCUT2D eigenvalue weighted by Gasteiger charge is -2.31. The number of amides is 4. The zero-order chi connectivity index (χ0) is 23.8. The van der Waals surface area contributed by atoms with Gasteiger partial charge in [0.15, 0.2) is 0 Å². The molecule has 0 spiro atoms. The molecule has 7 nitrogen and oxygen atoms in total. The van der Waals surface area contributed by atoms with Crippen LogP contribution in [0.3, 0.4) is 0 Å². The van der Waals surface area contributed by atoms with Gasteiger partial charge in [-0.05, 0) is 37.7 Å². The molecular weight excluding hydrogens is 418 g/mol. The summed E-state index contributed by atoms with van der Waals surface area (Å²) >= 11 is 0. The maximum absolute atomic E-state index is 13.3. The Labute approximate surface area is 196 Å². The first-order valence-corrected chi connectivity index (χ1v) is 12.1. The van der Waals surface area contributed by atoms with Gasteiger partial charge < -0.3 is 10.2 Å². The molecule has 1 aromatic rings. The van der Waals surface area contributed by atoms with Crippen LogP contribution in [0.15, 0.2) is 42.5 Å². The molecule has 0 unspecified atom stereocenters. The molecule has 178 valence electrons. The largest absolute Gasteiger partial charge is 0.354 e. The highest BCUT2D eigenvalue weighted by Gasteiger charge is 2.47. The molecule has 1 N–H and O–H groups in total. The fraction of sp³-hybridized carbons (Fsp3) is 0.538. The van der Waals surface area contributed by atoms with Crippen molar-refractivity contribution in [2.24, 2.45) is 11.8 Å². The van der Waals surface area contributed by atoms with Crippen LogP contribution in [0.4, 0.5) is 0 Å². The molecule has 1 aliphatic carbocycles. The maximum atomic E-state index is 13.3. The Morgan fingerprint density at radius 1 is 1.06 bits per heavy atom. The molecular formula is C26H35N3O4. The Balaban J connectivity index is 1.69. The fourth-order valence-corrected chi connectivity index (χ4v) is 4.70. The standard InChI is InChI=1S/C26H35N3O4/c1-3-16-27-24(31)22(4-2)28(17-14-19-10-6-5-7-11-19)23(30)15-18-29-25(32)20-12-8-9-13-21(20)26(29)33/h5-11,20-22H,3-4,12-18H2,1-2H3,(H,27,31)/t20-,21+,22-/m1/s1. The van der Waals surface area contributed by atoms with Gasteiger partial charge in [0.1, 0.15) is 6.04 Å². The fourth-order valence-electron chi connectivity index (χ4n) is 4.70. The van der Waals surface area contributed by atoms with Crippen molar-refractivity contribution in [2.75, 3.05) is 19.6 Å². The topological polar surface area (TPSA) is 86.8 Å². The molecule has 0 aromatic heterocycles. The number of likely N-dealkylation sites (tertiary alicyclic amines) is 1. The van der Waals surface area contributed by atoms with E-state index in [1.807, 2.05) is 56.3 Å². The first kappa shape index (κ1) is 24.7. The third kappa shape index (κ3) is 5.89. The van der Waals surface area contributed by atoms with Gasteiger partial charge in [0.2, 0.25) is 23.6 Å². The van der Waals surface area contributed by atoms with Crippen molar-refractivity contribution in [3.63, 3.8) is 0 Å². The minimum atomic E-state index is -0.579. The molecule has 1 fully saturated rings. The molecule has 1 saturated heterocycles. The Morgan fingerprint density at radius 2 is 1.70 bits per heavy atom. The number of rotatable bonds is 11. The first-order chi connectivity index (χ1) is 16.0. The number of carbonyl (C=O) groups excluding carboxylic acids is 4. The van der Waals surface area contributed by atoms with Gasteiger partial charge >= 0.3 is 0 Å². The molecule has 4 amide bonds. The van der Waals surface area contributed by atoms with Crippen molar-refractivity contribution in [3.05, 3.63) is 48.0 Å². The Hall–Kier alpha value is -2.96. The molecule has 3 atom stereocenters. The van der Waals surface area contributed by atoms with Crippen molar-refractivity contribution in [1.29, 1.82) is 0 Å². The van der Waals surface area contributed by atoms with Crippen LogP contribution < -0.4 is 5.32 Å². The number of allylic oxidation sites excluding steroid dienone is 2. The highest BCUT2D eigenvalue weighted by Crippen LogP contribution is 2.35. The molecule has 3 rings (SSSR count). The van der Waals surface area contributed by atoms with Crippen molar-refractivity contribution >= 4 is 23.6 Å². The summed E-state index contributed by atoms with van der Waals surface area (Å²) in [7, 11) is 0. The smallest absolute Gasteiger partial charge is 0.242 e. The zero-order valence-corrected chi connectivity index (χ0v) is 19.7. The van der Waals surface area contributed by atoms with Gasteiger partial charge in [0.25, 0.3) is 0 Å². The number of hydrogen-bond acceptors (Lipinski definition) is 4. The quantitative estimate of drug-likeness (QED) is 0.412. The molecule has 2 aliphatic rings. The van der Waals surface area contributed by atoms with E-state index >= 15 is 0 Å². The van der Waals surface area contributed by atoms with Crippen molar-refractivity contribution in [1.82, 2.24) is 15.1 Å². The summed E-state index contributed by atoms with van der Waals surface area (Å²) in [5.41, 5.74) is 1.08. The predicted octanol–water partition coefficient (Wildman–Crippen LogP) is 2.70. The summed E-state index contributed by atoms with van der Waals surface area (Å²) in [6, 6.07) is 9.26. The Bertz CT molecular complexity index is 857. The summed E-state index contributed by atoms with van der Waals surface area (Å²) < 4.78 is 0. The molecule has 0 radical (unpaired) electrons. The van der Waals surface area contributed by atoms with E-state index in [0.717, 1.165) is 12.0 Å². The van der Waals surface area contributed by atoms with Gasteiger partial charge in [0, 0.05) is 26.1 Å². The minimum Gasteiger partial charge on any atom is -0.354 e. The van der Waals surface area contributed by atoms with E-state index in [-0.39, 0.29) is 48.4 Å². The van der Waals surface area contributed by atoms with E-state index in [0.29, 0.717) is 38.8 Å². The van der Waals surface area contributed by atoms with Crippen LogP contribution in [0.25, 0.3) is 0 Å². The van der Waals surface area contributed by atoms with Gasteiger partial charge in [-0.15, -0.1) is 0 Å². The van der Waals surface area contributed by atoms with E-state index in [9.17, 15) is 19.2 Å². The normalized spacial score (nSPS) is 20.5. The number of nitrogens with one attached hydrogen (secondary N) is 1. The van der Waals surface area contributed by atoms with E-state index in [2.05, 4.69) is 5.32 Å². The third-order valence-corrected chi connectivity index (χ3v) is 6.57. The molecule has 0 bridgehead atoms. The van der Waals surface area contributed by atoms with Crippen LogP contribution in [-0.2, 0) is 25.6 Å². The van der Waals surface area contributed by atoms with Gasteiger partial charge in [-0.3, -0.25) is 24.1 Å². The monoisotopic (exact) mass is 453 g/mol. The van der Waals surface area contributed by atoms with Crippen LogP contribution in [0.1, 0.15) is 51.5 Å². The van der Waals surface area contributed by atoms with Crippen molar-refractivity contribution < 1.29 is 19.2 Å². The number of nitrogens with zero attached hydrogens (tertiary/aromatic N) is 2. The average Bonchev–Trinajstić information content (AvgIpc) is 3.08. The Morgan fingerprint density at radius 3 is 2.27 bits per heavy atom. The second-order valence-electron chi connectivity index (χ2n) is 8.77. The summed E-state index contributed by atoms with van der Waals surface area (Å²) in [6.45, 7) is 4.90. The van der Waals surface area contributed by atoms with Gasteiger partial charge in [-0.1, -0.05) is 56.3 Å². The van der Waals surface area contributed by atoms with Crippen LogP contribution in [0.5, 0.6) is 0 Å². The van der Waals surface area contributed by atoms with Crippen LogP contribution >= 0.6 is 0 Å². The van der Waals surface area contributed by atoms with Gasteiger partial charge in [-0.25, -0.2) is 0 Å². The van der Waals surface area contributed by atoms with Crippen molar-refractivity contribution in [2.45, 2.75) is 58.4 Å². The highest BCUT2D eigenvalue weighted by atomic mass is 16.2. The van der Waals surface area contributed by atoms with Gasteiger partial charge in [0.05, 0.1) is 11.8 Å². The predicted molar refractivity (Wildman–Crippen MR) is 126 cm³/mol. The number of fused-ring (bicyclic) bond motifs is 1. The number of imide groups is 1. The minimum absolute atomic E-state index is 0.0245. The average molecular weight is 454 g/mol. The van der Waals surface area contributed by atoms with Crippen molar-refractivity contribution in [3.8, 4) is 0 Å². The lowest BCUT2D eigenvalue weighted by Crippen LogP contribution is -2.51. The number of benzene rings is 1. The van der Waals surface area contributed by atoms with Crippen LogP contribution in [0, 0.1) is 11.8 Å². The van der Waals surface area contributed by atoms with E-state index in [1.165, 1.54) is 4.90 Å². The molecule has 1 heterocycles. The summed E-state index contributed by atoms with van der Waals surface area (Å²) in [5.74, 6) is -1.31. The summed E-state index contributed by atoms with van der Waals surface area (Å²) in [5, 5.41) is 2.90. The second-order valence-corrected chi connectivity index (χ2v) is 8.77. The van der Waals surface area contributed by atoms with Crippen LogP contribution in [0.2, 0.25) is 0 Å². The number of carbonyl (C=O) groups is 4. The molecule has 1 aromatic carbocycles. The third-order valence-electron chi connectivity index (χ3n) is 6.57. The maximum Gasteiger partial charge on any atom is 0.242 e. The first-order valence-electron chi connectivity index (χ1n) is 12.1. The summed E-state index contributed by atoms with van der Waals surface area (Å²) in [4.78, 5) is 54.5. The van der Waals surface area contributed by atoms with E-state index < -0.39 is 6.04 Å². The van der Waals surface area contributed by atoms with E-state index in [4.69, 9.17) is 0 Å².